The van der Waals surface area contributed by atoms with Gasteiger partial charge in [-0.25, -0.2) is 0 Å². The molecule has 2 rings (SSSR count). The number of hydrogen-bond acceptors (Lipinski definition) is 2. The Labute approximate surface area is 107 Å². The van der Waals surface area contributed by atoms with Crippen LogP contribution in [0.2, 0.25) is 0 Å². The molecule has 90 valence electrons. The summed E-state index contributed by atoms with van der Waals surface area (Å²) in [6, 6.07) is 19.7. The summed E-state index contributed by atoms with van der Waals surface area (Å²) in [4.78, 5) is 0. The third-order valence-electron chi connectivity index (χ3n) is 2.76. The van der Waals surface area contributed by atoms with Crippen LogP contribution >= 0.6 is 0 Å². The molecule has 0 saturated heterocycles. The van der Waals surface area contributed by atoms with Gasteiger partial charge in [-0.3, -0.25) is 0 Å². The number of oxime groups is 1. The second kappa shape index (κ2) is 5.82. The Morgan fingerprint density at radius 1 is 0.889 bits per heavy atom. The van der Waals surface area contributed by atoms with E-state index in [1.165, 1.54) is 0 Å². The van der Waals surface area contributed by atoms with Crippen LogP contribution in [0.4, 0.5) is 0 Å². The van der Waals surface area contributed by atoms with Gasteiger partial charge in [0, 0.05) is 5.56 Å². The monoisotopic (exact) mass is 237 g/mol. The summed E-state index contributed by atoms with van der Waals surface area (Å²) < 4.78 is 0. The molecule has 1 N–H and O–H groups in total. The minimum absolute atomic E-state index is 0.567. The Bertz CT molecular complexity index is 556. The fourth-order valence-corrected chi connectivity index (χ4v) is 1.77. The molecule has 0 atom stereocenters. The van der Waals surface area contributed by atoms with E-state index in [0.29, 0.717) is 5.71 Å². The third kappa shape index (κ3) is 2.86. The van der Waals surface area contributed by atoms with Crippen molar-refractivity contribution in [3.63, 3.8) is 0 Å². The van der Waals surface area contributed by atoms with Crippen LogP contribution in [0.5, 0.6) is 0 Å². The van der Waals surface area contributed by atoms with Crippen molar-refractivity contribution in [3.8, 4) is 0 Å². The van der Waals surface area contributed by atoms with Gasteiger partial charge in [0.1, 0.15) is 5.71 Å². The van der Waals surface area contributed by atoms with Gasteiger partial charge in [-0.1, -0.05) is 65.8 Å². The Hall–Kier alpha value is -2.35. The molecule has 2 heteroatoms. The maximum atomic E-state index is 9.12. The smallest absolute Gasteiger partial charge is 0.110 e. The van der Waals surface area contributed by atoms with Crippen LogP contribution in [0.15, 0.2) is 71.9 Å². The highest BCUT2D eigenvalue weighted by Crippen LogP contribution is 2.14. The van der Waals surface area contributed by atoms with Gasteiger partial charge in [0.2, 0.25) is 0 Å². The van der Waals surface area contributed by atoms with Crippen LogP contribution in [-0.4, -0.2) is 10.9 Å². The Balaban J connectivity index is 2.32. The summed E-state index contributed by atoms with van der Waals surface area (Å²) in [5.74, 6) is 0. The molecule has 0 radical (unpaired) electrons. The average molecular weight is 237 g/mol. The van der Waals surface area contributed by atoms with Crippen molar-refractivity contribution < 1.29 is 5.21 Å². The standard InChI is InChI=1S/C16H15NO/c1-13(14-8-4-2-5-9-14)12-16(17-18)15-10-6-3-7-11-15/h2-12,18H,1H3/b13-12+,17-16-. The lowest BCUT2D eigenvalue weighted by atomic mass is 10.0. The van der Waals surface area contributed by atoms with Gasteiger partial charge in [0.05, 0.1) is 0 Å². The quantitative estimate of drug-likeness (QED) is 0.489. The van der Waals surface area contributed by atoms with Gasteiger partial charge in [0.15, 0.2) is 0 Å². The maximum absolute atomic E-state index is 9.12. The number of benzene rings is 2. The summed E-state index contributed by atoms with van der Waals surface area (Å²) in [5, 5.41) is 12.5. The average Bonchev–Trinajstić information content (AvgIpc) is 2.46. The SMILES string of the molecule is C/C(=C\C(=N\O)c1ccccc1)c1ccccc1. The lowest BCUT2D eigenvalue weighted by Gasteiger charge is -2.03. The molecular formula is C16H15NO. The van der Waals surface area contributed by atoms with Crippen LogP contribution in [0, 0.1) is 0 Å². The summed E-state index contributed by atoms with van der Waals surface area (Å²) >= 11 is 0. The first-order valence-electron chi connectivity index (χ1n) is 5.82. The largest absolute Gasteiger partial charge is 0.410 e. The summed E-state index contributed by atoms with van der Waals surface area (Å²) in [6.07, 6.45) is 1.88. The van der Waals surface area contributed by atoms with E-state index in [2.05, 4.69) is 5.16 Å². The van der Waals surface area contributed by atoms with Crippen molar-refractivity contribution in [2.24, 2.45) is 5.16 Å². The number of nitrogens with zero attached hydrogens (tertiary/aromatic N) is 1. The first-order chi connectivity index (χ1) is 8.81. The molecule has 0 heterocycles. The predicted molar refractivity (Wildman–Crippen MR) is 74.9 cm³/mol. The van der Waals surface area contributed by atoms with E-state index in [-0.39, 0.29) is 0 Å². The van der Waals surface area contributed by atoms with E-state index in [1.807, 2.05) is 73.7 Å². The number of rotatable bonds is 3. The molecule has 0 unspecified atom stereocenters. The minimum Gasteiger partial charge on any atom is -0.410 e. The molecular weight excluding hydrogens is 222 g/mol. The fraction of sp³-hybridized carbons (Fsp3) is 0.0625. The van der Waals surface area contributed by atoms with Gasteiger partial charge >= 0.3 is 0 Å². The molecule has 0 aromatic heterocycles. The summed E-state index contributed by atoms with van der Waals surface area (Å²) in [5.41, 5.74) is 3.65. The van der Waals surface area contributed by atoms with Crippen LogP contribution in [0.1, 0.15) is 18.1 Å². The van der Waals surface area contributed by atoms with E-state index in [0.717, 1.165) is 16.7 Å². The van der Waals surface area contributed by atoms with Crippen LogP contribution in [0.25, 0.3) is 5.57 Å². The topological polar surface area (TPSA) is 32.6 Å². The van der Waals surface area contributed by atoms with Gasteiger partial charge < -0.3 is 5.21 Å². The molecule has 0 saturated carbocycles. The molecule has 0 amide bonds. The van der Waals surface area contributed by atoms with E-state index in [9.17, 15) is 0 Å². The molecule has 2 aromatic rings. The highest BCUT2D eigenvalue weighted by molar-refractivity contribution is 6.11. The zero-order valence-corrected chi connectivity index (χ0v) is 10.2. The molecule has 0 aliphatic heterocycles. The summed E-state index contributed by atoms with van der Waals surface area (Å²) in [7, 11) is 0. The van der Waals surface area contributed by atoms with Crippen LogP contribution in [0.3, 0.4) is 0 Å². The lowest BCUT2D eigenvalue weighted by molar-refractivity contribution is 0.320. The first-order valence-corrected chi connectivity index (χ1v) is 5.82. The molecule has 2 nitrogen and oxygen atoms in total. The first kappa shape index (κ1) is 12.1. The zero-order valence-electron chi connectivity index (χ0n) is 10.2. The zero-order chi connectivity index (χ0) is 12.8. The van der Waals surface area contributed by atoms with Crippen LogP contribution < -0.4 is 0 Å². The maximum Gasteiger partial charge on any atom is 0.110 e. The number of hydrogen-bond donors (Lipinski definition) is 1. The molecule has 0 aliphatic carbocycles. The van der Waals surface area contributed by atoms with Gasteiger partial charge in [0.25, 0.3) is 0 Å². The van der Waals surface area contributed by atoms with Crippen molar-refractivity contribution in [1.82, 2.24) is 0 Å². The Morgan fingerprint density at radius 3 is 1.89 bits per heavy atom. The van der Waals surface area contributed by atoms with E-state index < -0.39 is 0 Å². The third-order valence-corrected chi connectivity index (χ3v) is 2.76. The second-order valence-electron chi connectivity index (χ2n) is 4.04. The fourth-order valence-electron chi connectivity index (χ4n) is 1.77. The molecule has 0 fully saturated rings. The van der Waals surface area contributed by atoms with E-state index in [1.54, 1.807) is 0 Å². The van der Waals surface area contributed by atoms with Crippen molar-refractivity contribution in [2.75, 3.05) is 0 Å². The molecule has 0 spiro atoms. The predicted octanol–water partition coefficient (Wildman–Crippen LogP) is 3.97. The molecule has 0 bridgehead atoms. The Kier molecular flexibility index (Phi) is 3.92. The minimum atomic E-state index is 0.567. The normalized spacial score (nSPS) is 12.5. The van der Waals surface area contributed by atoms with Crippen molar-refractivity contribution >= 4 is 11.3 Å². The van der Waals surface area contributed by atoms with Gasteiger partial charge in [-0.15, -0.1) is 0 Å². The number of allylic oxidation sites excluding steroid dienone is 2. The molecule has 2 aromatic carbocycles. The van der Waals surface area contributed by atoms with Crippen LogP contribution in [-0.2, 0) is 0 Å². The Morgan fingerprint density at radius 2 is 1.39 bits per heavy atom. The van der Waals surface area contributed by atoms with Gasteiger partial charge in [-0.2, -0.15) is 0 Å². The van der Waals surface area contributed by atoms with E-state index >= 15 is 0 Å². The second-order valence-corrected chi connectivity index (χ2v) is 4.04. The summed E-state index contributed by atoms with van der Waals surface area (Å²) in [6.45, 7) is 2.00. The van der Waals surface area contributed by atoms with Crippen molar-refractivity contribution in [1.29, 1.82) is 0 Å². The molecule has 0 aliphatic rings. The van der Waals surface area contributed by atoms with E-state index in [4.69, 9.17) is 5.21 Å². The molecule has 18 heavy (non-hydrogen) atoms. The van der Waals surface area contributed by atoms with Crippen molar-refractivity contribution in [3.05, 3.63) is 77.9 Å². The lowest BCUT2D eigenvalue weighted by Crippen LogP contribution is -1.97. The van der Waals surface area contributed by atoms with Crippen molar-refractivity contribution in [2.45, 2.75) is 6.92 Å². The highest BCUT2D eigenvalue weighted by Gasteiger charge is 2.02. The van der Waals surface area contributed by atoms with Gasteiger partial charge in [-0.05, 0) is 24.1 Å². The highest BCUT2D eigenvalue weighted by atomic mass is 16.4.